The van der Waals surface area contributed by atoms with E-state index < -0.39 is 0 Å². The molecule has 1 heterocycles. The van der Waals surface area contributed by atoms with E-state index in [9.17, 15) is 0 Å². The first-order valence-corrected chi connectivity index (χ1v) is 6.60. The number of aromatic nitrogens is 1. The number of para-hydroxylation sites is 1. The van der Waals surface area contributed by atoms with Gasteiger partial charge in [0.1, 0.15) is 11.5 Å². The van der Waals surface area contributed by atoms with Crippen molar-refractivity contribution in [3.8, 4) is 11.5 Å². The van der Waals surface area contributed by atoms with Gasteiger partial charge in [-0.2, -0.15) is 0 Å². The van der Waals surface area contributed by atoms with Gasteiger partial charge in [0.15, 0.2) is 0 Å². The average Bonchev–Trinajstić information content (AvgIpc) is 2.43. The summed E-state index contributed by atoms with van der Waals surface area (Å²) in [4.78, 5) is 4.28. The standard InChI is InChI=1S/C15H11BrN2O/c16-10-4-6-11(7-5-10)19-14-8-9-18-15-12(14)2-1-3-13(15)17/h1-9H,17H2. The van der Waals surface area contributed by atoms with Gasteiger partial charge in [-0.25, -0.2) is 0 Å². The normalized spacial score (nSPS) is 10.6. The molecule has 0 radical (unpaired) electrons. The number of fused-ring (bicyclic) bond motifs is 1. The molecule has 3 rings (SSSR count). The zero-order chi connectivity index (χ0) is 13.2. The predicted molar refractivity (Wildman–Crippen MR) is 80.4 cm³/mol. The summed E-state index contributed by atoms with van der Waals surface area (Å²) >= 11 is 3.40. The number of hydrogen-bond donors (Lipinski definition) is 1. The molecule has 0 saturated heterocycles. The molecule has 0 spiro atoms. The van der Waals surface area contributed by atoms with Crippen LogP contribution >= 0.6 is 15.9 Å². The molecule has 0 unspecified atom stereocenters. The Balaban J connectivity index is 2.06. The maximum atomic E-state index is 5.91. The number of pyridine rings is 1. The van der Waals surface area contributed by atoms with E-state index in [4.69, 9.17) is 10.5 Å². The van der Waals surface area contributed by atoms with Crippen molar-refractivity contribution in [3.05, 3.63) is 59.2 Å². The van der Waals surface area contributed by atoms with E-state index in [-0.39, 0.29) is 0 Å². The Morgan fingerprint density at radius 1 is 1.00 bits per heavy atom. The molecule has 94 valence electrons. The van der Waals surface area contributed by atoms with Crippen molar-refractivity contribution in [2.75, 3.05) is 5.73 Å². The summed E-state index contributed by atoms with van der Waals surface area (Å²) in [7, 11) is 0. The first-order chi connectivity index (χ1) is 9.24. The average molecular weight is 315 g/mol. The Morgan fingerprint density at radius 2 is 1.79 bits per heavy atom. The molecule has 4 heteroatoms. The lowest BCUT2D eigenvalue weighted by atomic mass is 10.2. The van der Waals surface area contributed by atoms with E-state index in [1.807, 2.05) is 48.5 Å². The monoisotopic (exact) mass is 314 g/mol. The Hall–Kier alpha value is -2.07. The van der Waals surface area contributed by atoms with E-state index in [0.717, 1.165) is 26.9 Å². The molecule has 0 bridgehead atoms. The first-order valence-electron chi connectivity index (χ1n) is 5.81. The van der Waals surface area contributed by atoms with Crippen molar-refractivity contribution in [3.63, 3.8) is 0 Å². The zero-order valence-corrected chi connectivity index (χ0v) is 11.6. The van der Waals surface area contributed by atoms with E-state index in [1.54, 1.807) is 6.20 Å². The van der Waals surface area contributed by atoms with Gasteiger partial charge in [-0.3, -0.25) is 4.98 Å². The van der Waals surface area contributed by atoms with Crippen LogP contribution < -0.4 is 10.5 Å². The maximum Gasteiger partial charge on any atom is 0.138 e. The summed E-state index contributed by atoms with van der Waals surface area (Å²) in [6, 6.07) is 15.2. The van der Waals surface area contributed by atoms with Crippen LogP contribution in [0.5, 0.6) is 11.5 Å². The van der Waals surface area contributed by atoms with E-state index in [2.05, 4.69) is 20.9 Å². The van der Waals surface area contributed by atoms with Crippen molar-refractivity contribution in [2.24, 2.45) is 0 Å². The molecule has 0 fully saturated rings. The van der Waals surface area contributed by atoms with Gasteiger partial charge in [-0.15, -0.1) is 0 Å². The lowest BCUT2D eigenvalue weighted by molar-refractivity contribution is 0.488. The van der Waals surface area contributed by atoms with E-state index in [0.29, 0.717) is 5.69 Å². The van der Waals surface area contributed by atoms with Crippen LogP contribution in [0.2, 0.25) is 0 Å². The summed E-state index contributed by atoms with van der Waals surface area (Å²) < 4.78 is 6.90. The fourth-order valence-corrected chi connectivity index (χ4v) is 2.16. The summed E-state index contributed by atoms with van der Waals surface area (Å²) in [6.45, 7) is 0. The molecule has 2 N–H and O–H groups in total. The summed E-state index contributed by atoms with van der Waals surface area (Å²) in [5.41, 5.74) is 7.33. The van der Waals surface area contributed by atoms with Crippen LogP contribution in [0.15, 0.2) is 59.2 Å². The molecular formula is C15H11BrN2O. The number of nitrogens with zero attached hydrogens (tertiary/aromatic N) is 1. The zero-order valence-electron chi connectivity index (χ0n) is 10.0. The van der Waals surface area contributed by atoms with E-state index >= 15 is 0 Å². The Labute approximate surface area is 119 Å². The highest BCUT2D eigenvalue weighted by Crippen LogP contribution is 2.31. The van der Waals surface area contributed by atoms with Gasteiger partial charge in [-0.05, 0) is 42.5 Å². The molecular weight excluding hydrogens is 304 g/mol. The van der Waals surface area contributed by atoms with Gasteiger partial charge in [0.25, 0.3) is 0 Å². The lowest BCUT2D eigenvalue weighted by Crippen LogP contribution is -1.91. The largest absolute Gasteiger partial charge is 0.457 e. The fraction of sp³-hybridized carbons (Fsp3) is 0. The van der Waals surface area contributed by atoms with Gasteiger partial charge in [0, 0.05) is 16.1 Å². The van der Waals surface area contributed by atoms with Crippen molar-refractivity contribution in [1.29, 1.82) is 0 Å². The summed E-state index contributed by atoms with van der Waals surface area (Å²) in [6.07, 6.45) is 1.70. The summed E-state index contributed by atoms with van der Waals surface area (Å²) in [5, 5.41) is 0.908. The van der Waals surface area contributed by atoms with Crippen LogP contribution in [-0.4, -0.2) is 4.98 Å². The molecule has 0 aliphatic heterocycles. The first kappa shape index (κ1) is 12.0. The number of hydrogen-bond acceptors (Lipinski definition) is 3. The van der Waals surface area contributed by atoms with Gasteiger partial charge < -0.3 is 10.5 Å². The lowest BCUT2D eigenvalue weighted by Gasteiger charge is -2.09. The second-order valence-electron chi connectivity index (χ2n) is 4.11. The summed E-state index contributed by atoms with van der Waals surface area (Å²) in [5.74, 6) is 1.53. The third kappa shape index (κ3) is 2.39. The molecule has 19 heavy (non-hydrogen) atoms. The van der Waals surface area contributed by atoms with Crippen LogP contribution in [-0.2, 0) is 0 Å². The molecule has 1 aromatic heterocycles. The van der Waals surface area contributed by atoms with Crippen molar-refractivity contribution < 1.29 is 4.74 Å². The van der Waals surface area contributed by atoms with Crippen LogP contribution in [0, 0.1) is 0 Å². The third-order valence-corrected chi connectivity index (χ3v) is 3.33. The molecule has 0 saturated carbocycles. The van der Waals surface area contributed by atoms with Crippen LogP contribution in [0.3, 0.4) is 0 Å². The second-order valence-corrected chi connectivity index (χ2v) is 5.02. The van der Waals surface area contributed by atoms with Gasteiger partial charge in [-0.1, -0.05) is 22.0 Å². The van der Waals surface area contributed by atoms with Gasteiger partial charge in [0.2, 0.25) is 0 Å². The minimum atomic E-state index is 0.652. The van der Waals surface area contributed by atoms with Gasteiger partial charge >= 0.3 is 0 Å². The molecule has 3 nitrogen and oxygen atoms in total. The molecule has 0 aliphatic carbocycles. The number of anilines is 1. The maximum absolute atomic E-state index is 5.91. The quantitative estimate of drug-likeness (QED) is 0.714. The molecule has 0 aliphatic rings. The van der Waals surface area contributed by atoms with Crippen LogP contribution in [0.4, 0.5) is 5.69 Å². The fourth-order valence-electron chi connectivity index (χ4n) is 1.89. The highest BCUT2D eigenvalue weighted by Gasteiger charge is 2.06. The van der Waals surface area contributed by atoms with Crippen LogP contribution in [0.25, 0.3) is 10.9 Å². The van der Waals surface area contributed by atoms with Crippen molar-refractivity contribution >= 4 is 32.5 Å². The SMILES string of the molecule is Nc1cccc2c(Oc3ccc(Br)cc3)ccnc12. The molecule has 0 atom stereocenters. The number of nitrogen functional groups attached to an aromatic ring is 1. The number of nitrogens with two attached hydrogens (primary N) is 1. The van der Waals surface area contributed by atoms with E-state index in [1.165, 1.54) is 0 Å². The number of ether oxygens (including phenoxy) is 1. The Bertz CT molecular complexity index is 726. The predicted octanol–water partition coefficient (Wildman–Crippen LogP) is 4.37. The molecule has 3 aromatic rings. The molecule has 2 aromatic carbocycles. The van der Waals surface area contributed by atoms with Crippen molar-refractivity contribution in [1.82, 2.24) is 4.98 Å². The topological polar surface area (TPSA) is 48.1 Å². The minimum Gasteiger partial charge on any atom is -0.457 e. The third-order valence-electron chi connectivity index (χ3n) is 2.80. The highest BCUT2D eigenvalue weighted by atomic mass is 79.9. The number of halogens is 1. The number of benzene rings is 2. The van der Waals surface area contributed by atoms with Crippen LogP contribution in [0.1, 0.15) is 0 Å². The second kappa shape index (κ2) is 4.90. The smallest absolute Gasteiger partial charge is 0.138 e. The molecule has 0 amide bonds. The van der Waals surface area contributed by atoms with Crippen molar-refractivity contribution in [2.45, 2.75) is 0 Å². The minimum absolute atomic E-state index is 0.652. The Kier molecular flexibility index (Phi) is 3.09. The Morgan fingerprint density at radius 3 is 2.58 bits per heavy atom. The highest BCUT2D eigenvalue weighted by molar-refractivity contribution is 9.10. The number of rotatable bonds is 2. The van der Waals surface area contributed by atoms with Gasteiger partial charge in [0.05, 0.1) is 11.2 Å².